The predicted octanol–water partition coefficient (Wildman–Crippen LogP) is 3.02. The van der Waals surface area contributed by atoms with E-state index < -0.39 is 5.97 Å². The Kier molecular flexibility index (Phi) is 5.55. The highest BCUT2D eigenvalue weighted by atomic mass is 16.4. The average Bonchev–Trinajstić information content (AvgIpc) is 2.32. The molecule has 2 amide bonds. The normalized spacial score (nSPS) is 10.4. The molecule has 1 aromatic carbocycles. The third-order valence-electron chi connectivity index (χ3n) is 3.08. The molecule has 0 saturated carbocycles. The van der Waals surface area contributed by atoms with Crippen molar-refractivity contribution in [2.24, 2.45) is 0 Å². The van der Waals surface area contributed by atoms with E-state index in [-0.39, 0.29) is 19.0 Å². The lowest BCUT2D eigenvalue weighted by Gasteiger charge is -2.15. The van der Waals surface area contributed by atoms with Crippen LogP contribution in [0.3, 0.4) is 0 Å². The SMILES string of the molecule is Cc1cc(C(C)C)cc(C)c1NC(=O)NCCC(=O)O. The van der Waals surface area contributed by atoms with E-state index in [0.717, 1.165) is 16.8 Å². The van der Waals surface area contributed by atoms with Crippen LogP contribution in [0.25, 0.3) is 0 Å². The van der Waals surface area contributed by atoms with E-state index in [9.17, 15) is 9.59 Å². The molecule has 0 saturated heterocycles. The van der Waals surface area contributed by atoms with Crippen molar-refractivity contribution >= 4 is 17.7 Å². The zero-order chi connectivity index (χ0) is 15.3. The van der Waals surface area contributed by atoms with Gasteiger partial charge >= 0.3 is 12.0 Å². The Labute approximate surface area is 119 Å². The summed E-state index contributed by atoms with van der Waals surface area (Å²) in [6, 6.07) is 3.74. The molecule has 5 nitrogen and oxygen atoms in total. The summed E-state index contributed by atoms with van der Waals surface area (Å²) in [6.45, 7) is 8.26. The third kappa shape index (κ3) is 4.57. The Morgan fingerprint density at radius 3 is 2.20 bits per heavy atom. The van der Waals surface area contributed by atoms with Crippen LogP contribution >= 0.6 is 0 Å². The van der Waals surface area contributed by atoms with Gasteiger partial charge in [0.15, 0.2) is 0 Å². The summed E-state index contributed by atoms with van der Waals surface area (Å²) in [5, 5.41) is 13.8. The number of rotatable bonds is 5. The van der Waals surface area contributed by atoms with Gasteiger partial charge in [-0.1, -0.05) is 26.0 Å². The zero-order valence-electron chi connectivity index (χ0n) is 12.4. The van der Waals surface area contributed by atoms with Gasteiger partial charge < -0.3 is 15.7 Å². The standard InChI is InChI=1S/C15H22N2O3/c1-9(2)12-7-10(3)14(11(4)8-12)17-15(20)16-6-5-13(18)19/h7-9H,5-6H2,1-4H3,(H,18,19)(H2,16,17,20). The van der Waals surface area contributed by atoms with Crippen LogP contribution in [0.1, 0.15) is 42.9 Å². The van der Waals surface area contributed by atoms with Crippen LogP contribution in [0.15, 0.2) is 12.1 Å². The second-order valence-corrected chi connectivity index (χ2v) is 5.21. The van der Waals surface area contributed by atoms with Crippen molar-refractivity contribution in [2.45, 2.75) is 40.0 Å². The van der Waals surface area contributed by atoms with Crippen molar-refractivity contribution in [2.75, 3.05) is 11.9 Å². The van der Waals surface area contributed by atoms with E-state index in [2.05, 4.69) is 36.6 Å². The van der Waals surface area contributed by atoms with Crippen molar-refractivity contribution in [1.82, 2.24) is 5.32 Å². The summed E-state index contributed by atoms with van der Waals surface area (Å²) in [7, 11) is 0. The fraction of sp³-hybridized carbons (Fsp3) is 0.467. The molecular weight excluding hydrogens is 256 g/mol. The third-order valence-corrected chi connectivity index (χ3v) is 3.08. The number of nitrogens with one attached hydrogen (secondary N) is 2. The number of carboxylic acids is 1. The van der Waals surface area contributed by atoms with Gasteiger partial charge in [-0.2, -0.15) is 0 Å². The molecule has 0 atom stereocenters. The van der Waals surface area contributed by atoms with Crippen molar-refractivity contribution in [1.29, 1.82) is 0 Å². The molecule has 20 heavy (non-hydrogen) atoms. The number of carbonyl (C=O) groups excluding carboxylic acids is 1. The highest BCUT2D eigenvalue weighted by molar-refractivity contribution is 5.91. The summed E-state index contributed by atoms with van der Waals surface area (Å²) in [6.07, 6.45) is -0.0856. The summed E-state index contributed by atoms with van der Waals surface area (Å²) in [5.41, 5.74) is 4.02. The Hall–Kier alpha value is -2.04. The molecule has 0 fully saturated rings. The molecule has 0 heterocycles. The number of carboxylic acid groups (broad SMARTS) is 1. The van der Waals surface area contributed by atoms with Gasteiger partial charge in [0, 0.05) is 12.2 Å². The number of aryl methyl sites for hydroxylation is 2. The van der Waals surface area contributed by atoms with Crippen LogP contribution in [-0.2, 0) is 4.79 Å². The maximum Gasteiger partial charge on any atom is 0.319 e. The number of carbonyl (C=O) groups is 2. The molecule has 0 aliphatic heterocycles. The highest BCUT2D eigenvalue weighted by Crippen LogP contribution is 2.26. The Morgan fingerprint density at radius 2 is 1.75 bits per heavy atom. The number of anilines is 1. The molecule has 0 aliphatic rings. The lowest BCUT2D eigenvalue weighted by molar-refractivity contribution is -0.136. The number of hydrogen-bond donors (Lipinski definition) is 3. The summed E-state index contributed by atoms with van der Waals surface area (Å²) in [5.74, 6) is -0.496. The predicted molar refractivity (Wildman–Crippen MR) is 79.3 cm³/mol. The minimum Gasteiger partial charge on any atom is -0.481 e. The minimum absolute atomic E-state index is 0.0856. The summed E-state index contributed by atoms with van der Waals surface area (Å²) >= 11 is 0. The topological polar surface area (TPSA) is 78.4 Å². The number of amides is 2. The molecule has 0 spiro atoms. The number of urea groups is 1. The monoisotopic (exact) mass is 278 g/mol. The second kappa shape index (κ2) is 6.93. The molecule has 0 bridgehead atoms. The molecule has 0 radical (unpaired) electrons. The molecule has 1 rings (SSSR count). The number of benzene rings is 1. The van der Waals surface area contributed by atoms with Gasteiger partial charge in [0.05, 0.1) is 6.42 Å². The first kappa shape index (κ1) is 16.0. The molecular formula is C15H22N2O3. The quantitative estimate of drug-likeness (QED) is 0.774. The number of hydrogen-bond acceptors (Lipinski definition) is 2. The molecule has 0 aliphatic carbocycles. The van der Waals surface area contributed by atoms with E-state index in [0.29, 0.717) is 5.92 Å². The Morgan fingerprint density at radius 1 is 1.20 bits per heavy atom. The first-order chi connectivity index (χ1) is 9.31. The number of aliphatic carboxylic acids is 1. The maximum absolute atomic E-state index is 11.7. The fourth-order valence-corrected chi connectivity index (χ4v) is 1.97. The van der Waals surface area contributed by atoms with Gasteiger partial charge in [0.25, 0.3) is 0 Å². The van der Waals surface area contributed by atoms with Crippen molar-refractivity contribution in [3.63, 3.8) is 0 Å². The van der Waals surface area contributed by atoms with E-state index in [1.54, 1.807) is 0 Å². The summed E-state index contributed by atoms with van der Waals surface area (Å²) < 4.78 is 0. The lowest BCUT2D eigenvalue weighted by atomic mass is 9.97. The lowest BCUT2D eigenvalue weighted by Crippen LogP contribution is -2.31. The zero-order valence-corrected chi connectivity index (χ0v) is 12.4. The first-order valence-electron chi connectivity index (χ1n) is 6.69. The van der Waals surface area contributed by atoms with Crippen LogP contribution in [0.2, 0.25) is 0 Å². The molecule has 5 heteroatoms. The van der Waals surface area contributed by atoms with E-state index >= 15 is 0 Å². The van der Waals surface area contributed by atoms with Crippen molar-refractivity contribution < 1.29 is 14.7 Å². The van der Waals surface area contributed by atoms with Gasteiger partial charge in [0.1, 0.15) is 0 Å². The van der Waals surface area contributed by atoms with E-state index in [1.165, 1.54) is 5.56 Å². The molecule has 110 valence electrons. The van der Waals surface area contributed by atoms with Gasteiger partial charge in [-0.3, -0.25) is 4.79 Å². The average molecular weight is 278 g/mol. The molecule has 0 aromatic heterocycles. The van der Waals surface area contributed by atoms with Crippen molar-refractivity contribution in [3.8, 4) is 0 Å². The van der Waals surface area contributed by atoms with Crippen LogP contribution in [0, 0.1) is 13.8 Å². The minimum atomic E-state index is -0.932. The van der Waals surface area contributed by atoms with E-state index in [4.69, 9.17) is 5.11 Å². The summed E-state index contributed by atoms with van der Waals surface area (Å²) in [4.78, 5) is 22.1. The van der Waals surface area contributed by atoms with Gasteiger partial charge in [-0.15, -0.1) is 0 Å². The molecule has 3 N–H and O–H groups in total. The molecule has 1 aromatic rings. The first-order valence-corrected chi connectivity index (χ1v) is 6.69. The van der Waals surface area contributed by atoms with Gasteiger partial charge in [-0.25, -0.2) is 4.79 Å². The van der Waals surface area contributed by atoms with E-state index in [1.807, 2.05) is 13.8 Å². The van der Waals surface area contributed by atoms with Gasteiger partial charge in [0.2, 0.25) is 0 Å². The smallest absolute Gasteiger partial charge is 0.319 e. The maximum atomic E-state index is 11.7. The Balaban J connectivity index is 2.72. The molecule has 0 unspecified atom stereocenters. The van der Waals surface area contributed by atoms with Crippen LogP contribution < -0.4 is 10.6 Å². The Bertz CT molecular complexity index is 487. The van der Waals surface area contributed by atoms with Crippen LogP contribution in [0.5, 0.6) is 0 Å². The highest BCUT2D eigenvalue weighted by Gasteiger charge is 2.10. The second-order valence-electron chi connectivity index (χ2n) is 5.21. The largest absolute Gasteiger partial charge is 0.481 e. The van der Waals surface area contributed by atoms with Gasteiger partial charge in [-0.05, 0) is 36.5 Å². The van der Waals surface area contributed by atoms with Crippen molar-refractivity contribution in [3.05, 3.63) is 28.8 Å². The van der Waals surface area contributed by atoms with Crippen LogP contribution in [-0.4, -0.2) is 23.7 Å². The van der Waals surface area contributed by atoms with Crippen LogP contribution in [0.4, 0.5) is 10.5 Å². The fourth-order valence-electron chi connectivity index (χ4n) is 1.97.